The molecule has 0 fully saturated rings. The normalized spacial score (nSPS) is 10.9. The zero-order valence-electron chi connectivity index (χ0n) is 11.5. The summed E-state index contributed by atoms with van der Waals surface area (Å²) in [6.07, 6.45) is 0. The lowest BCUT2D eigenvalue weighted by atomic mass is 10.1. The van der Waals surface area contributed by atoms with Crippen molar-refractivity contribution in [2.45, 2.75) is 6.92 Å². The summed E-state index contributed by atoms with van der Waals surface area (Å²) in [7, 11) is 1.59. The average Bonchev–Trinajstić information content (AvgIpc) is 2.46. The zero-order valence-corrected chi connectivity index (χ0v) is 12.3. The molecule has 21 heavy (non-hydrogen) atoms. The van der Waals surface area contributed by atoms with Crippen LogP contribution >= 0.6 is 11.6 Å². The maximum Gasteiger partial charge on any atom is 0.161 e. The van der Waals surface area contributed by atoms with Gasteiger partial charge in [-0.05, 0) is 42.8 Å². The second-order valence-corrected chi connectivity index (χ2v) is 5.04. The molecule has 0 unspecified atom stereocenters. The van der Waals surface area contributed by atoms with Gasteiger partial charge in [0.2, 0.25) is 0 Å². The number of aromatic nitrogens is 2. The van der Waals surface area contributed by atoms with Crippen molar-refractivity contribution in [2.24, 2.45) is 0 Å². The Labute approximate surface area is 126 Å². The Balaban J connectivity index is 2.23. The van der Waals surface area contributed by atoms with Gasteiger partial charge in [0.05, 0.1) is 12.6 Å². The van der Waals surface area contributed by atoms with Crippen molar-refractivity contribution in [3.05, 3.63) is 52.9 Å². The molecule has 1 heterocycles. The summed E-state index contributed by atoms with van der Waals surface area (Å²) in [4.78, 5) is 8.82. The summed E-state index contributed by atoms with van der Waals surface area (Å²) in [6.45, 7) is 1.81. The highest BCUT2D eigenvalue weighted by Crippen LogP contribution is 2.28. The molecule has 106 valence electrons. The predicted molar refractivity (Wildman–Crippen MR) is 81.2 cm³/mol. The molecule has 0 aliphatic heterocycles. The van der Waals surface area contributed by atoms with Gasteiger partial charge in [0.1, 0.15) is 16.7 Å². The highest BCUT2D eigenvalue weighted by atomic mass is 35.5. The molecular weight excluding hydrogens is 291 g/mol. The molecule has 0 saturated heterocycles. The van der Waals surface area contributed by atoms with Gasteiger partial charge in [-0.2, -0.15) is 0 Å². The minimum absolute atomic E-state index is 0.287. The van der Waals surface area contributed by atoms with E-state index in [1.165, 1.54) is 12.1 Å². The van der Waals surface area contributed by atoms with E-state index in [1.54, 1.807) is 25.3 Å². The van der Waals surface area contributed by atoms with E-state index < -0.39 is 0 Å². The summed E-state index contributed by atoms with van der Waals surface area (Å²) in [5, 5.41) is 1.11. The van der Waals surface area contributed by atoms with E-state index in [9.17, 15) is 4.39 Å². The maximum atomic E-state index is 13.2. The zero-order chi connectivity index (χ0) is 15.0. The first-order valence-electron chi connectivity index (χ1n) is 6.36. The second-order valence-electron chi connectivity index (χ2n) is 4.68. The van der Waals surface area contributed by atoms with Crippen LogP contribution in [0.25, 0.3) is 22.3 Å². The molecule has 0 radical (unpaired) electrons. The van der Waals surface area contributed by atoms with Crippen LogP contribution in [0, 0.1) is 12.7 Å². The fourth-order valence-electron chi connectivity index (χ4n) is 2.20. The first-order valence-corrected chi connectivity index (χ1v) is 6.74. The third kappa shape index (κ3) is 2.54. The minimum atomic E-state index is -0.287. The third-order valence-corrected chi connectivity index (χ3v) is 3.58. The van der Waals surface area contributed by atoms with Crippen LogP contribution in [0.2, 0.25) is 5.15 Å². The summed E-state index contributed by atoms with van der Waals surface area (Å²) in [5.41, 5.74) is 2.20. The van der Waals surface area contributed by atoms with Crippen LogP contribution in [0.5, 0.6) is 5.75 Å². The maximum absolute atomic E-state index is 13.2. The number of aryl methyl sites for hydroxylation is 1. The van der Waals surface area contributed by atoms with Crippen LogP contribution < -0.4 is 4.74 Å². The molecule has 0 spiro atoms. The average molecular weight is 303 g/mol. The van der Waals surface area contributed by atoms with E-state index in [-0.39, 0.29) is 5.82 Å². The van der Waals surface area contributed by atoms with Crippen molar-refractivity contribution in [3.8, 4) is 17.1 Å². The van der Waals surface area contributed by atoms with Crippen molar-refractivity contribution >= 4 is 22.5 Å². The van der Waals surface area contributed by atoms with E-state index >= 15 is 0 Å². The summed E-state index contributed by atoms with van der Waals surface area (Å²) < 4.78 is 18.4. The largest absolute Gasteiger partial charge is 0.497 e. The van der Waals surface area contributed by atoms with Gasteiger partial charge in [-0.25, -0.2) is 14.4 Å². The van der Waals surface area contributed by atoms with Gasteiger partial charge in [-0.3, -0.25) is 0 Å². The van der Waals surface area contributed by atoms with Crippen molar-refractivity contribution < 1.29 is 9.13 Å². The third-order valence-electron chi connectivity index (χ3n) is 3.29. The van der Waals surface area contributed by atoms with E-state index in [0.717, 1.165) is 16.5 Å². The number of hydrogen-bond donors (Lipinski definition) is 0. The molecule has 3 nitrogen and oxygen atoms in total. The molecule has 5 heteroatoms. The molecule has 0 aliphatic rings. The quantitative estimate of drug-likeness (QED) is 0.658. The number of nitrogens with zero attached hydrogens (tertiary/aromatic N) is 2. The molecule has 0 N–H and O–H groups in total. The molecule has 0 amide bonds. The van der Waals surface area contributed by atoms with Gasteiger partial charge >= 0.3 is 0 Å². The van der Waals surface area contributed by atoms with Gasteiger partial charge in [-0.15, -0.1) is 0 Å². The minimum Gasteiger partial charge on any atom is -0.497 e. The van der Waals surface area contributed by atoms with Crippen LogP contribution in [-0.2, 0) is 0 Å². The number of rotatable bonds is 2. The molecule has 0 atom stereocenters. The van der Waals surface area contributed by atoms with E-state index in [4.69, 9.17) is 16.3 Å². The van der Waals surface area contributed by atoms with Crippen LogP contribution in [0.3, 0.4) is 0 Å². The van der Waals surface area contributed by atoms with Gasteiger partial charge in [-0.1, -0.05) is 11.6 Å². The standard InChI is InChI=1S/C16H12ClFN2O/c1-9-7-10(18)3-5-12(9)16-19-14-8-11(21-2)4-6-13(14)15(17)20-16/h3-8H,1-2H3. The second kappa shape index (κ2) is 5.30. The molecule has 1 aromatic heterocycles. The summed E-state index contributed by atoms with van der Waals surface area (Å²) >= 11 is 6.23. The van der Waals surface area contributed by atoms with E-state index in [0.29, 0.717) is 22.2 Å². The smallest absolute Gasteiger partial charge is 0.161 e. The Morgan fingerprint density at radius 1 is 1.10 bits per heavy atom. The van der Waals surface area contributed by atoms with Gasteiger partial charge < -0.3 is 4.74 Å². The molecule has 2 aromatic carbocycles. The highest BCUT2D eigenvalue weighted by molar-refractivity contribution is 6.34. The Kier molecular flexibility index (Phi) is 3.47. The highest BCUT2D eigenvalue weighted by Gasteiger charge is 2.11. The topological polar surface area (TPSA) is 35.0 Å². The molecular formula is C16H12ClFN2O. The summed E-state index contributed by atoms with van der Waals surface area (Å²) in [5.74, 6) is 0.877. The number of hydrogen-bond acceptors (Lipinski definition) is 3. The number of fused-ring (bicyclic) bond motifs is 1. The van der Waals surface area contributed by atoms with E-state index in [1.807, 2.05) is 13.0 Å². The lowest BCUT2D eigenvalue weighted by molar-refractivity contribution is 0.415. The van der Waals surface area contributed by atoms with Gasteiger partial charge in [0.25, 0.3) is 0 Å². The fraction of sp³-hybridized carbons (Fsp3) is 0.125. The monoisotopic (exact) mass is 302 g/mol. The molecule has 3 rings (SSSR count). The predicted octanol–water partition coefficient (Wildman–Crippen LogP) is 4.41. The van der Waals surface area contributed by atoms with Crippen LogP contribution in [0.4, 0.5) is 4.39 Å². The number of methoxy groups -OCH3 is 1. The lowest BCUT2D eigenvalue weighted by Gasteiger charge is -2.08. The number of halogens is 2. The van der Waals surface area contributed by atoms with Crippen LogP contribution in [-0.4, -0.2) is 17.1 Å². The van der Waals surface area contributed by atoms with Crippen molar-refractivity contribution in [2.75, 3.05) is 7.11 Å². The van der Waals surface area contributed by atoms with Gasteiger partial charge in [0, 0.05) is 17.0 Å². The fourth-order valence-corrected chi connectivity index (χ4v) is 2.44. The molecule has 3 aromatic rings. The van der Waals surface area contributed by atoms with Crippen molar-refractivity contribution in [3.63, 3.8) is 0 Å². The SMILES string of the molecule is COc1ccc2c(Cl)nc(-c3ccc(F)cc3C)nc2c1. The number of ether oxygens (including phenoxy) is 1. The number of benzene rings is 2. The molecule has 0 saturated carbocycles. The Morgan fingerprint density at radius 2 is 1.90 bits per heavy atom. The van der Waals surface area contributed by atoms with E-state index in [2.05, 4.69) is 9.97 Å². The van der Waals surface area contributed by atoms with Crippen LogP contribution in [0.15, 0.2) is 36.4 Å². The first kappa shape index (κ1) is 13.8. The Hall–Kier alpha value is -2.20. The first-order chi connectivity index (χ1) is 10.1. The lowest BCUT2D eigenvalue weighted by Crippen LogP contribution is -1.95. The van der Waals surface area contributed by atoms with Crippen molar-refractivity contribution in [1.82, 2.24) is 9.97 Å². The molecule has 0 aliphatic carbocycles. The Bertz CT molecular complexity index is 836. The van der Waals surface area contributed by atoms with Gasteiger partial charge in [0.15, 0.2) is 5.82 Å². The molecule has 0 bridgehead atoms. The Morgan fingerprint density at radius 3 is 2.62 bits per heavy atom. The van der Waals surface area contributed by atoms with Crippen molar-refractivity contribution in [1.29, 1.82) is 0 Å². The van der Waals surface area contributed by atoms with Crippen LogP contribution in [0.1, 0.15) is 5.56 Å². The summed E-state index contributed by atoms with van der Waals surface area (Å²) in [6, 6.07) is 9.91.